The van der Waals surface area contributed by atoms with Gasteiger partial charge in [-0.05, 0) is 18.6 Å². The van der Waals surface area contributed by atoms with Crippen LogP contribution in [0.15, 0.2) is 22.6 Å². The molecule has 0 saturated carbocycles. The Morgan fingerprint density at radius 1 is 1.44 bits per heavy atom. The van der Waals surface area contributed by atoms with Gasteiger partial charge in [0.25, 0.3) is 0 Å². The van der Waals surface area contributed by atoms with Gasteiger partial charge in [-0.25, -0.2) is 9.78 Å². The third kappa shape index (κ3) is 2.21. The van der Waals surface area contributed by atoms with Crippen LogP contribution >= 0.6 is 23.2 Å². The molecule has 1 heterocycles. The zero-order valence-corrected chi connectivity index (χ0v) is 10.9. The lowest BCUT2D eigenvalue weighted by molar-refractivity contribution is 0.0662. The molecule has 0 bridgehead atoms. The van der Waals surface area contributed by atoms with Crippen LogP contribution in [-0.4, -0.2) is 16.1 Å². The molecule has 0 fully saturated rings. The largest absolute Gasteiger partial charge is 0.475 e. The summed E-state index contributed by atoms with van der Waals surface area (Å²) >= 11 is 11.9. The molecule has 18 heavy (non-hydrogen) atoms. The van der Waals surface area contributed by atoms with E-state index in [2.05, 4.69) is 4.98 Å². The van der Waals surface area contributed by atoms with Crippen molar-refractivity contribution in [2.24, 2.45) is 0 Å². The zero-order chi connectivity index (χ0) is 13.3. The maximum Gasteiger partial charge on any atom is 0.373 e. The first-order valence-electron chi connectivity index (χ1n) is 5.22. The fraction of sp³-hybridized carbons (Fsp3) is 0.167. The zero-order valence-electron chi connectivity index (χ0n) is 9.41. The lowest BCUT2D eigenvalue weighted by Crippen LogP contribution is -1.98. The molecule has 1 N–H and O–H groups in total. The molecule has 0 radical (unpaired) electrons. The molecule has 0 atom stereocenters. The predicted octanol–water partition coefficient (Wildman–Crippen LogP) is 3.91. The molecule has 4 nitrogen and oxygen atoms in total. The van der Waals surface area contributed by atoms with Gasteiger partial charge in [0.2, 0.25) is 11.7 Å². The molecule has 6 heteroatoms. The predicted molar refractivity (Wildman–Crippen MR) is 68.3 cm³/mol. The number of oxazole rings is 1. The van der Waals surface area contributed by atoms with Crippen LogP contribution in [0.25, 0.3) is 11.5 Å². The molecule has 0 unspecified atom stereocenters. The second kappa shape index (κ2) is 5.00. The van der Waals surface area contributed by atoms with Crippen LogP contribution in [0.5, 0.6) is 0 Å². The van der Waals surface area contributed by atoms with Crippen molar-refractivity contribution in [2.75, 3.05) is 0 Å². The standard InChI is InChI=1S/C12H9Cl2NO3/c1-2-8-10(12(16)17)18-11(15-8)6-4-3-5-7(13)9(6)14/h3-5H,2H2,1H3,(H,16,17). The summed E-state index contributed by atoms with van der Waals surface area (Å²) in [5.41, 5.74) is 0.861. The van der Waals surface area contributed by atoms with Gasteiger partial charge < -0.3 is 9.52 Å². The highest BCUT2D eigenvalue weighted by molar-refractivity contribution is 6.43. The fourth-order valence-corrected chi connectivity index (χ4v) is 1.92. The number of nitrogens with zero attached hydrogens (tertiary/aromatic N) is 1. The van der Waals surface area contributed by atoms with Gasteiger partial charge in [-0.1, -0.05) is 36.2 Å². The summed E-state index contributed by atoms with van der Waals surface area (Å²) in [5.74, 6) is -1.15. The third-order valence-electron chi connectivity index (χ3n) is 2.41. The molecule has 94 valence electrons. The Balaban J connectivity index is 2.58. The maximum atomic E-state index is 11.0. The summed E-state index contributed by atoms with van der Waals surface area (Å²) in [5, 5.41) is 9.64. The summed E-state index contributed by atoms with van der Waals surface area (Å²) in [6.45, 7) is 1.80. The normalized spacial score (nSPS) is 10.6. The molecule has 0 aliphatic carbocycles. The van der Waals surface area contributed by atoms with Crippen LogP contribution in [0.2, 0.25) is 10.0 Å². The van der Waals surface area contributed by atoms with Crippen molar-refractivity contribution in [2.45, 2.75) is 13.3 Å². The van der Waals surface area contributed by atoms with E-state index >= 15 is 0 Å². The number of halogens is 2. The van der Waals surface area contributed by atoms with E-state index in [1.54, 1.807) is 25.1 Å². The lowest BCUT2D eigenvalue weighted by atomic mass is 10.2. The molecule has 1 aromatic carbocycles. The Hall–Kier alpha value is -1.52. The maximum absolute atomic E-state index is 11.0. The number of aromatic nitrogens is 1. The number of aromatic carboxylic acids is 1. The smallest absolute Gasteiger partial charge is 0.373 e. The van der Waals surface area contributed by atoms with E-state index in [1.165, 1.54) is 0 Å². The Bertz CT molecular complexity index is 607. The average molecular weight is 286 g/mol. The second-order valence-electron chi connectivity index (χ2n) is 3.55. The van der Waals surface area contributed by atoms with Crippen molar-refractivity contribution in [1.82, 2.24) is 4.98 Å². The van der Waals surface area contributed by atoms with Crippen molar-refractivity contribution in [3.05, 3.63) is 39.7 Å². The summed E-state index contributed by atoms with van der Waals surface area (Å²) in [7, 11) is 0. The second-order valence-corrected chi connectivity index (χ2v) is 4.34. The van der Waals surface area contributed by atoms with Gasteiger partial charge in [-0.2, -0.15) is 0 Å². The van der Waals surface area contributed by atoms with Crippen molar-refractivity contribution in [3.8, 4) is 11.5 Å². The number of aryl methyl sites for hydroxylation is 1. The number of carboxylic acids is 1. The Kier molecular flexibility index (Phi) is 3.59. The van der Waals surface area contributed by atoms with E-state index in [4.69, 9.17) is 32.7 Å². The van der Waals surface area contributed by atoms with Gasteiger partial charge >= 0.3 is 5.97 Å². The summed E-state index contributed by atoms with van der Waals surface area (Å²) in [4.78, 5) is 15.1. The molecule has 0 amide bonds. The van der Waals surface area contributed by atoms with Gasteiger partial charge in [-0.15, -0.1) is 0 Å². The van der Waals surface area contributed by atoms with Crippen molar-refractivity contribution in [1.29, 1.82) is 0 Å². The van der Waals surface area contributed by atoms with Gasteiger partial charge in [0.05, 0.1) is 21.3 Å². The summed E-state index contributed by atoms with van der Waals surface area (Å²) in [6.07, 6.45) is 0.462. The quantitative estimate of drug-likeness (QED) is 0.929. The lowest BCUT2D eigenvalue weighted by Gasteiger charge is -2.00. The highest BCUT2D eigenvalue weighted by Gasteiger charge is 2.20. The van der Waals surface area contributed by atoms with Crippen LogP contribution in [0.1, 0.15) is 23.2 Å². The van der Waals surface area contributed by atoms with Crippen molar-refractivity contribution >= 4 is 29.2 Å². The van der Waals surface area contributed by atoms with Crippen LogP contribution in [0, 0.1) is 0 Å². The van der Waals surface area contributed by atoms with E-state index in [1.807, 2.05) is 0 Å². The molecule has 2 rings (SSSR count). The molecule has 0 spiro atoms. The number of hydrogen-bond acceptors (Lipinski definition) is 3. The molecular weight excluding hydrogens is 277 g/mol. The van der Waals surface area contributed by atoms with Crippen LogP contribution in [0.3, 0.4) is 0 Å². The molecule has 0 aliphatic rings. The monoisotopic (exact) mass is 285 g/mol. The molecule has 2 aromatic rings. The first-order chi connectivity index (χ1) is 8.54. The first kappa shape index (κ1) is 12.9. The summed E-state index contributed by atoms with van der Waals surface area (Å²) in [6, 6.07) is 5.00. The van der Waals surface area contributed by atoms with Gasteiger partial charge in [-0.3, -0.25) is 0 Å². The molecule has 0 saturated heterocycles. The SMILES string of the molecule is CCc1nc(-c2cccc(Cl)c2Cl)oc1C(=O)O. The van der Waals surface area contributed by atoms with E-state index < -0.39 is 5.97 Å². The molecule has 1 aromatic heterocycles. The van der Waals surface area contributed by atoms with E-state index in [9.17, 15) is 4.79 Å². The van der Waals surface area contributed by atoms with Gasteiger partial charge in [0.15, 0.2) is 0 Å². The van der Waals surface area contributed by atoms with Crippen LogP contribution in [0.4, 0.5) is 0 Å². The van der Waals surface area contributed by atoms with Crippen molar-refractivity contribution in [3.63, 3.8) is 0 Å². The number of benzene rings is 1. The topological polar surface area (TPSA) is 63.3 Å². The van der Waals surface area contributed by atoms with Gasteiger partial charge in [0.1, 0.15) is 0 Å². The highest BCUT2D eigenvalue weighted by Crippen LogP contribution is 2.33. The minimum Gasteiger partial charge on any atom is -0.475 e. The Labute approximate surface area is 113 Å². The van der Waals surface area contributed by atoms with E-state index in [-0.39, 0.29) is 11.7 Å². The Morgan fingerprint density at radius 2 is 2.17 bits per heavy atom. The van der Waals surface area contributed by atoms with E-state index in [0.29, 0.717) is 27.7 Å². The van der Waals surface area contributed by atoms with Crippen LogP contribution < -0.4 is 0 Å². The molecular formula is C12H9Cl2NO3. The Morgan fingerprint density at radius 3 is 2.72 bits per heavy atom. The first-order valence-corrected chi connectivity index (χ1v) is 5.97. The third-order valence-corrected chi connectivity index (χ3v) is 3.23. The fourth-order valence-electron chi connectivity index (χ4n) is 1.54. The molecule has 0 aliphatic heterocycles. The average Bonchev–Trinajstić information content (AvgIpc) is 2.76. The minimum absolute atomic E-state index is 0.163. The van der Waals surface area contributed by atoms with Gasteiger partial charge in [0, 0.05) is 0 Å². The van der Waals surface area contributed by atoms with E-state index in [0.717, 1.165) is 0 Å². The minimum atomic E-state index is -1.15. The highest BCUT2D eigenvalue weighted by atomic mass is 35.5. The van der Waals surface area contributed by atoms with Crippen molar-refractivity contribution < 1.29 is 14.3 Å². The number of carbonyl (C=O) groups is 1. The number of carboxylic acid groups (broad SMARTS) is 1. The number of hydrogen-bond donors (Lipinski definition) is 1. The van der Waals surface area contributed by atoms with Crippen LogP contribution in [-0.2, 0) is 6.42 Å². The summed E-state index contributed by atoms with van der Waals surface area (Å²) < 4.78 is 5.24. The number of rotatable bonds is 3.